The second-order valence-corrected chi connectivity index (χ2v) is 2.61. The first-order chi connectivity index (χ1) is 6.83. The van der Waals surface area contributed by atoms with Gasteiger partial charge in [-0.05, 0) is 12.1 Å². The number of nitrogens with one attached hydrogen (secondary N) is 1. The minimum absolute atomic E-state index is 0.0433. The molecule has 0 bridgehead atoms. The standard InChI is InChI=1S/C8H14N4O2/c9-7-1-2-8(12-11-7)10-3-5-14-6-4-13/h1-2,13H,3-6H2,(H2,9,11)(H,10,12). The lowest BCUT2D eigenvalue weighted by Gasteiger charge is -2.04. The molecule has 78 valence electrons. The van der Waals surface area contributed by atoms with Gasteiger partial charge in [0.05, 0.1) is 19.8 Å². The molecule has 0 fully saturated rings. The number of aliphatic hydroxyl groups excluding tert-OH is 1. The Hall–Kier alpha value is -1.40. The van der Waals surface area contributed by atoms with Crippen LogP contribution in [-0.2, 0) is 4.74 Å². The predicted molar refractivity (Wildman–Crippen MR) is 52.8 cm³/mol. The molecule has 0 atom stereocenters. The molecule has 0 aliphatic rings. The molecule has 0 aliphatic heterocycles. The zero-order valence-corrected chi connectivity index (χ0v) is 7.81. The van der Waals surface area contributed by atoms with E-state index in [0.29, 0.717) is 31.4 Å². The molecule has 0 saturated heterocycles. The molecule has 6 nitrogen and oxygen atoms in total. The van der Waals surface area contributed by atoms with Crippen molar-refractivity contribution in [1.29, 1.82) is 0 Å². The first-order valence-corrected chi connectivity index (χ1v) is 4.34. The zero-order valence-electron chi connectivity index (χ0n) is 7.81. The molecule has 0 aromatic carbocycles. The van der Waals surface area contributed by atoms with Crippen molar-refractivity contribution in [2.45, 2.75) is 0 Å². The van der Waals surface area contributed by atoms with E-state index in [1.807, 2.05) is 0 Å². The van der Waals surface area contributed by atoms with Crippen molar-refractivity contribution in [3.05, 3.63) is 12.1 Å². The van der Waals surface area contributed by atoms with Crippen molar-refractivity contribution in [3.8, 4) is 0 Å². The number of nitrogens with two attached hydrogens (primary N) is 1. The first kappa shape index (κ1) is 10.7. The third-order valence-corrected chi connectivity index (χ3v) is 1.47. The van der Waals surface area contributed by atoms with E-state index in [1.165, 1.54) is 0 Å². The topological polar surface area (TPSA) is 93.3 Å². The van der Waals surface area contributed by atoms with Gasteiger partial charge in [0.15, 0.2) is 0 Å². The summed E-state index contributed by atoms with van der Waals surface area (Å²) in [5, 5.41) is 18.9. The Morgan fingerprint density at radius 1 is 1.36 bits per heavy atom. The molecule has 1 aromatic rings. The molecular weight excluding hydrogens is 184 g/mol. The average molecular weight is 198 g/mol. The van der Waals surface area contributed by atoms with E-state index >= 15 is 0 Å². The molecule has 1 aromatic heterocycles. The summed E-state index contributed by atoms with van der Waals surface area (Å²) in [6.45, 7) is 1.54. The van der Waals surface area contributed by atoms with Crippen LogP contribution in [0.5, 0.6) is 0 Å². The van der Waals surface area contributed by atoms with Crippen molar-refractivity contribution in [1.82, 2.24) is 10.2 Å². The number of aromatic nitrogens is 2. The Kier molecular flexibility index (Phi) is 4.66. The van der Waals surface area contributed by atoms with Crippen molar-refractivity contribution in [2.75, 3.05) is 37.4 Å². The Morgan fingerprint density at radius 3 is 2.86 bits per heavy atom. The summed E-state index contributed by atoms with van der Waals surface area (Å²) in [5.74, 6) is 1.05. The number of nitrogens with zero attached hydrogens (tertiary/aromatic N) is 2. The minimum atomic E-state index is 0.0433. The molecule has 0 spiro atoms. The van der Waals surface area contributed by atoms with Crippen molar-refractivity contribution >= 4 is 11.6 Å². The Labute approximate surface area is 82.1 Å². The van der Waals surface area contributed by atoms with E-state index in [-0.39, 0.29) is 6.61 Å². The highest BCUT2D eigenvalue weighted by Gasteiger charge is 1.93. The van der Waals surface area contributed by atoms with Crippen LogP contribution in [0.3, 0.4) is 0 Å². The van der Waals surface area contributed by atoms with E-state index in [9.17, 15) is 0 Å². The van der Waals surface area contributed by atoms with Gasteiger partial charge in [-0.1, -0.05) is 0 Å². The van der Waals surface area contributed by atoms with Gasteiger partial charge >= 0.3 is 0 Å². The molecule has 0 saturated carbocycles. The monoisotopic (exact) mass is 198 g/mol. The normalized spacial score (nSPS) is 10.1. The van der Waals surface area contributed by atoms with Gasteiger partial charge in [-0.25, -0.2) is 0 Å². The number of hydrogen-bond donors (Lipinski definition) is 3. The number of rotatable bonds is 6. The van der Waals surface area contributed by atoms with Gasteiger partial charge in [0.25, 0.3) is 0 Å². The Balaban J connectivity index is 2.15. The van der Waals surface area contributed by atoms with Crippen LogP contribution in [0.4, 0.5) is 11.6 Å². The summed E-state index contributed by atoms with van der Waals surface area (Å²) < 4.78 is 5.04. The SMILES string of the molecule is Nc1ccc(NCCOCCO)nn1. The van der Waals surface area contributed by atoms with Gasteiger partial charge in [-0.2, -0.15) is 0 Å². The van der Waals surface area contributed by atoms with Gasteiger partial charge in [0, 0.05) is 6.54 Å². The molecule has 4 N–H and O–H groups in total. The number of hydrogen-bond acceptors (Lipinski definition) is 6. The molecule has 0 aliphatic carbocycles. The summed E-state index contributed by atoms with van der Waals surface area (Å²) in [6.07, 6.45) is 0. The smallest absolute Gasteiger partial charge is 0.148 e. The van der Waals surface area contributed by atoms with Crippen LogP contribution in [0.2, 0.25) is 0 Å². The maximum atomic E-state index is 8.43. The van der Waals surface area contributed by atoms with Crippen molar-refractivity contribution < 1.29 is 9.84 Å². The molecule has 0 unspecified atom stereocenters. The molecule has 0 radical (unpaired) electrons. The predicted octanol–water partition coefficient (Wildman–Crippen LogP) is -0.520. The van der Waals surface area contributed by atoms with Crippen LogP contribution in [0.1, 0.15) is 0 Å². The lowest BCUT2D eigenvalue weighted by Crippen LogP contribution is -2.12. The summed E-state index contributed by atoms with van der Waals surface area (Å²) >= 11 is 0. The molecule has 1 rings (SSSR count). The summed E-state index contributed by atoms with van der Waals surface area (Å²) in [5.41, 5.74) is 5.37. The molecule has 6 heteroatoms. The van der Waals surface area contributed by atoms with Crippen LogP contribution in [0, 0.1) is 0 Å². The molecule has 14 heavy (non-hydrogen) atoms. The maximum absolute atomic E-state index is 8.43. The third kappa shape index (κ3) is 4.01. The second kappa shape index (κ2) is 6.11. The maximum Gasteiger partial charge on any atom is 0.148 e. The highest BCUT2D eigenvalue weighted by Crippen LogP contribution is 2.01. The molecule has 1 heterocycles. The zero-order chi connectivity index (χ0) is 10.2. The lowest BCUT2D eigenvalue weighted by atomic mass is 10.5. The summed E-state index contributed by atoms with van der Waals surface area (Å²) in [7, 11) is 0. The van der Waals surface area contributed by atoms with E-state index in [0.717, 1.165) is 0 Å². The summed E-state index contributed by atoms with van der Waals surface area (Å²) in [6, 6.07) is 3.41. The van der Waals surface area contributed by atoms with Crippen LogP contribution >= 0.6 is 0 Å². The quantitative estimate of drug-likeness (QED) is 0.532. The highest BCUT2D eigenvalue weighted by molar-refractivity contribution is 5.38. The van der Waals surface area contributed by atoms with Crippen molar-refractivity contribution in [2.24, 2.45) is 0 Å². The largest absolute Gasteiger partial charge is 0.394 e. The van der Waals surface area contributed by atoms with Crippen LogP contribution in [0.15, 0.2) is 12.1 Å². The number of ether oxygens (including phenoxy) is 1. The highest BCUT2D eigenvalue weighted by atomic mass is 16.5. The average Bonchev–Trinajstić information content (AvgIpc) is 2.21. The van der Waals surface area contributed by atoms with Crippen LogP contribution in [-0.4, -0.2) is 41.7 Å². The minimum Gasteiger partial charge on any atom is -0.394 e. The van der Waals surface area contributed by atoms with Crippen molar-refractivity contribution in [3.63, 3.8) is 0 Å². The fourth-order valence-corrected chi connectivity index (χ4v) is 0.855. The fourth-order valence-electron chi connectivity index (χ4n) is 0.855. The van der Waals surface area contributed by atoms with Gasteiger partial charge in [0.1, 0.15) is 11.6 Å². The first-order valence-electron chi connectivity index (χ1n) is 4.34. The van der Waals surface area contributed by atoms with Crippen LogP contribution < -0.4 is 11.1 Å². The fraction of sp³-hybridized carbons (Fsp3) is 0.500. The Morgan fingerprint density at radius 2 is 2.21 bits per heavy atom. The lowest BCUT2D eigenvalue weighted by molar-refractivity contribution is 0.0992. The van der Waals surface area contributed by atoms with Gasteiger partial charge in [0.2, 0.25) is 0 Å². The third-order valence-electron chi connectivity index (χ3n) is 1.47. The van der Waals surface area contributed by atoms with E-state index in [1.54, 1.807) is 12.1 Å². The number of anilines is 2. The van der Waals surface area contributed by atoms with Gasteiger partial charge in [-0.3, -0.25) is 0 Å². The van der Waals surface area contributed by atoms with Gasteiger partial charge in [-0.15, -0.1) is 10.2 Å². The van der Waals surface area contributed by atoms with Gasteiger partial charge < -0.3 is 20.9 Å². The Bertz CT molecular complexity index is 252. The van der Waals surface area contributed by atoms with Crippen LogP contribution in [0.25, 0.3) is 0 Å². The summed E-state index contributed by atoms with van der Waals surface area (Å²) in [4.78, 5) is 0. The molecule has 0 amide bonds. The van der Waals surface area contributed by atoms with E-state index < -0.39 is 0 Å². The van der Waals surface area contributed by atoms with E-state index in [2.05, 4.69) is 15.5 Å². The second-order valence-electron chi connectivity index (χ2n) is 2.61. The number of aliphatic hydroxyl groups is 1. The molecular formula is C8H14N4O2. The van der Waals surface area contributed by atoms with E-state index in [4.69, 9.17) is 15.6 Å². The number of nitrogen functional groups attached to an aromatic ring is 1.